The van der Waals surface area contributed by atoms with Gasteiger partial charge in [-0.15, -0.1) is 12.4 Å². The van der Waals surface area contributed by atoms with Crippen LogP contribution in [0.4, 0.5) is 5.69 Å². The molecule has 0 spiro atoms. The number of aryl methyl sites for hydroxylation is 2. The van der Waals surface area contributed by atoms with Gasteiger partial charge in [-0.1, -0.05) is 43.7 Å². The van der Waals surface area contributed by atoms with E-state index in [-0.39, 0.29) is 24.2 Å². The third kappa shape index (κ3) is 6.38. The summed E-state index contributed by atoms with van der Waals surface area (Å²) in [5.74, 6) is -0.00753. The van der Waals surface area contributed by atoms with Crippen molar-refractivity contribution in [2.24, 2.45) is 11.7 Å². The first-order valence-corrected chi connectivity index (χ1v) is 8.79. The maximum absolute atomic E-state index is 12.4. The van der Waals surface area contributed by atoms with E-state index >= 15 is 0 Å². The number of carbonyl (C=O) groups excluding carboxylic acids is 2. The van der Waals surface area contributed by atoms with Crippen molar-refractivity contribution < 1.29 is 9.59 Å². The molecule has 0 heterocycles. The van der Waals surface area contributed by atoms with Crippen molar-refractivity contribution >= 4 is 29.9 Å². The highest BCUT2D eigenvalue weighted by Crippen LogP contribution is 2.19. The molecule has 0 aromatic heterocycles. The van der Waals surface area contributed by atoms with E-state index < -0.39 is 6.04 Å². The number of amides is 2. The quantitative estimate of drug-likeness (QED) is 0.703. The van der Waals surface area contributed by atoms with Crippen LogP contribution in [-0.2, 0) is 4.79 Å². The molecule has 2 aromatic carbocycles. The predicted octanol–water partition coefficient (Wildman–Crippen LogP) is 3.75. The molecule has 0 saturated carbocycles. The van der Waals surface area contributed by atoms with Gasteiger partial charge in [0.05, 0.1) is 0 Å². The Morgan fingerprint density at radius 1 is 1.04 bits per heavy atom. The number of anilines is 1. The number of halogens is 1. The lowest BCUT2D eigenvalue weighted by Gasteiger charge is -2.15. The minimum atomic E-state index is -0.746. The smallest absolute Gasteiger partial charge is 0.251 e. The van der Waals surface area contributed by atoms with Gasteiger partial charge < -0.3 is 16.4 Å². The number of nitrogens with two attached hydrogens (primary N) is 1. The van der Waals surface area contributed by atoms with Crippen LogP contribution in [0, 0.1) is 19.8 Å². The first kappa shape index (κ1) is 22.7. The lowest BCUT2D eigenvalue weighted by atomic mass is 10.0. The van der Waals surface area contributed by atoms with E-state index in [1.54, 1.807) is 18.2 Å². The second-order valence-corrected chi connectivity index (χ2v) is 7.01. The summed E-state index contributed by atoms with van der Waals surface area (Å²) in [4.78, 5) is 24.6. The standard InChI is InChI=1S/C21H27N3O2.ClH/c1-13(2)12-23-20(25)17-9-10-18(15(4)11-17)24-21(26)19(22)16-7-5-14(3)6-8-16;/h5-11,13,19H,12,22H2,1-4H3,(H,23,25)(H,24,26);1H. The number of benzene rings is 2. The zero-order valence-corrected chi connectivity index (χ0v) is 17.0. The third-order valence-corrected chi connectivity index (χ3v) is 4.14. The minimum Gasteiger partial charge on any atom is -0.352 e. The molecule has 0 aliphatic heterocycles. The number of carbonyl (C=O) groups is 2. The van der Waals surface area contributed by atoms with Gasteiger partial charge in [-0.2, -0.15) is 0 Å². The molecule has 5 nitrogen and oxygen atoms in total. The van der Waals surface area contributed by atoms with Crippen molar-refractivity contribution in [1.29, 1.82) is 0 Å². The monoisotopic (exact) mass is 389 g/mol. The Morgan fingerprint density at radius 3 is 2.22 bits per heavy atom. The molecule has 6 heteroatoms. The van der Waals surface area contributed by atoms with E-state index in [1.807, 2.05) is 52.0 Å². The molecule has 146 valence electrons. The number of hydrogen-bond donors (Lipinski definition) is 3. The topological polar surface area (TPSA) is 84.2 Å². The van der Waals surface area contributed by atoms with E-state index in [4.69, 9.17) is 5.73 Å². The van der Waals surface area contributed by atoms with Crippen molar-refractivity contribution in [1.82, 2.24) is 5.32 Å². The molecular formula is C21H28ClN3O2. The highest BCUT2D eigenvalue weighted by Gasteiger charge is 2.17. The molecule has 0 saturated heterocycles. The molecule has 0 aliphatic rings. The zero-order valence-electron chi connectivity index (χ0n) is 16.2. The fourth-order valence-electron chi connectivity index (χ4n) is 2.48. The van der Waals surface area contributed by atoms with Crippen LogP contribution < -0.4 is 16.4 Å². The SMILES string of the molecule is Cc1ccc(C(N)C(=O)Nc2ccc(C(=O)NCC(C)C)cc2C)cc1.Cl. The number of rotatable bonds is 6. The first-order valence-electron chi connectivity index (χ1n) is 8.79. The van der Waals surface area contributed by atoms with Gasteiger partial charge in [0.2, 0.25) is 5.91 Å². The predicted molar refractivity (Wildman–Crippen MR) is 112 cm³/mol. The first-order chi connectivity index (χ1) is 12.3. The van der Waals surface area contributed by atoms with Gasteiger partial charge in [-0.25, -0.2) is 0 Å². The van der Waals surface area contributed by atoms with Crippen molar-refractivity contribution in [2.75, 3.05) is 11.9 Å². The van der Waals surface area contributed by atoms with Gasteiger partial charge in [0.25, 0.3) is 5.91 Å². The summed E-state index contributed by atoms with van der Waals surface area (Å²) in [5.41, 5.74) is 9.97. The Labute approximate surface area is 167 Å². The summed E-state index contributed by atoms with van der Waals surface area (Å²) in [6, 6.07) is 12.0. The Balaban J connectivity index is 0.00000364. The zero-order chi connectivity index (χ0) is 19.3. The van der Waals surface area contributed by atoms with Gasteiger partial charge >= 0.3 is 0 Å². The van der Waals surface area contributed by atoms with E-state index in [0.29, 0.717) is 23.7 Å². The fraction of sp³-hybridized carbons (Fsp3) is 0.333. The van der Waals surface area contributed by atoms with Crippen molar-refractivity contribution in [3.05, 3.63) is 64.7 Å². The van der Waals surface area contributed by atoms with Crippen LogP contribution in [-0.4, -0.2) is 18.4 Å². The Morgan fingerprint density at radius 2 is 1.67 bits per heavy atom. The highest BCUT2D eigenvalue weighted by atomic mass is 35.5. The molecule has 0 bridgehead atoms. The normalized spacial score (nSPS) is 11.5. The van der Waals surface area contributed by atoms with Crippen LogP contribution in [0.1, 0.15) is 46.9 Å². The van der Waals surface area contributed by atoms with Gasteiger partial charge in [0, 0.05) is 17.8 Å². The van der Waals surface area contributed by atoms with E-state index in [0.717, 1.165) is 16.7 Å². The average Bonchev–Trinajstić information content (AvgIpc) is 2.61. The van der Waals surface area contributed by atoms with Crippen molar-refractivity contribution in [3.63, 3.8) is 0 Å². The van der Waals surface area contributed by atoms with Crippen molar-refractivity contribution in [2.45, 2.75) is 33.7 Å². The lowest BCUT2D eigenvalue weighted by molar-refractivity contribution is -0.117. The largest absolute Gasteiger partial charge is 0.352 e. The van der Waals surface area contributed by atoms with Crippen LogP contribution >= 0.6 is 12.4 Å². The van der Waals surface area contributed by atoms with Crippen LogP contribution in [0.25, 0.3) is 0 Å². The maximum atomic E-state index is 12.4. The molecule has 4 N–H and O–H groups in total. The summed E-state index contributed by atoms with van der Waals surface area (Å²) in [6.45, 7) is 8.55. The second kappa shape index (κ2) is 10.1. The van der Waals surface area contributed by atoms with Crippen LogP contribution in [0.5, 0.6) is 0 Å². The summed E-state index contributed by atoms with van der Waals surface area (Å²) < 4.78 is 0. The summed E-state index contributed by atoms with van der Waals surface area (Å²) >= 11 is 0. The van der Waals surface area contributed by atoms with Crippen LogP contribution in [0.3, 0.4) is 0 Å². The van der Waals surface area contributed by atoms with Crippen LogP contribution in [0.2, 0.25) is 0 Å². The molecule has 2 amide bonds. The lowest BCUT2D eigenvalue weighted by Crippen LogP contribution is -2.28. The Kier molecular flexibility index (Phi) is 8.47. The molecule has 1 unspecified atom stereocenters. The third-order valence-electron chi connectivity index (χ3n) is 4.14. The molecular weight excluding hydrogens is 362 g/mol. The van der Waals surface area contributed by atoms with Crippen LogP contribution in [0.15, 0.2) is 42.5 Å². The van der Waals surface area contributed by atoms with Gasteiger partial charge in [0.15, 0.2) is 0 Å². The molecule has 0 radical (unpaired) electrons. The number of nitrogens with one attached hydrogen (secondary N) is 2. The molecule has 2 aromatic rings. The summed E-state index contributed by atoms with van der Waals surface area (Å²) in [6.07, 6.45) is 0. The number of hydrogen-bond acceptors (Lipinski definition) is 3. The molecule has 2 rings (SSSR count). The van der Waals surface area contributed by atoms with Gasteiger partial charge in [-0.05, 0) is 49.1 Å². The second-order valence-electron chi connectivity index (χ2n) is 7.01. The molecule has 0 aliphatic carbocycles. The maximum Gasteiger partial charge on any atom is 0.251 e. The Bertz CT molecular complexity index is 789. The molecule has 27 heavy (non-hydrogen) atoms. The highest BCUT2D eigenvalue weighted by molar-refractivity contribution is 5.98. The summed E-state index contributed by atoms with van der Waals surface area (Å²) in [7, 11) is 0. The fourth-order valence-corrected chi connectivity index (χ4v) is 2.48. The average molecular weight is 390 g/mol. The van der Waals surface area contributed by atoms with E-state index in [1.165, 1.54) is 0 Å². The summed E-state index contributed by atoms with van der Waals surface area (Å²) in [5, 5.41) is 5.73. The molecule has 0 fully saturated rings. The van der Waals surface area contributed by atoms with Crippen molar-refractivity contribution in [3.8, 4) is 0 Å². The van der Waals surface area contributed by atoms with E-state index in [9.17, 15) is 9.59 Å². The van der Waals surface area contributed by atoms with Gasteiger partial charge in [-0.3, -0.25) is 9.59 Å². The minimum absolute atomic E-state index is 0. The van der Waals surface area contributed by atoms with E-state index in [2.05, 4.69) is 10.6 Å². The van der Waals surface area contributed by atoms with Gasteiger partial charge in [0.1, 0.15) is 6.04 Å². The Hall–Kier alpha value is -2.37. The molecule has 1 atom stereocenters.